The van der Waals surface area contributed by atoms with Crippen molar-refractivity contribution in [2.45, 2.75) is 12.5 Å². The molecule has 0 aliphatic rings. The van der Waals surface area contributed by atoms with Crippen LogP contribution in [-0.2, 0) is 4.79 Å². The van der Waals surface area contributed by atoms with Gasteiger partial charge < -0.3 is 14.7 Å². The van der Waals surface area contributed by atoms with Crippen LogP contribution in [0.15, 0.2) is 0 Å². The molecule has 2 N–H and O–H groups in total. The Hall–Kier alpha value is -0.610. The van der Waals surface area contributed by atoms with Gasteiger partial charge in [-0.3, -0.25) is 4.79 Å². The van der Waals surface area contributed by atoms with Gasteiger partial charge in [0.2, 0.25) is 1.43 Å². The molecule has 4 nitrogen and oxygen atoms in total. The first-order valence-electron chi connectivity index (χ1n) is 7.60. The van der Waals surface area contributed by atoms with Crippen LogP contribution in [0.3, 0.4) is 0 Å². The molecule has 66 valence electrons. The molecule has 0 aromatic rings. The summed E-state index contributed by atoms with van der Waals surface area (Å²) in [6.45, 7) is -7.84. The van der Waals surface area contributed by atoms with Gasteiger partial charge in [0.15, 0.2) is 0 Å². The number of carboxylic acid groups (broad SMARTS) is 1. The van der Waals surface area contributed by atoms with Crippen molar-refractivity contribution in [2.75, 3.05) is 27.5 Å². The Kier molecular flexibility index (Phi) is 0.817. The van der Waals surface area contributed by atoms with Gasteiger partial charge in [-0.1, -0.05) is 0 Å². The molecule has 11 heavy (non-hydrogen) atoms. The van der Waals surface area contributed by atoms with Crippen LogP contribution < -0.4 is 0 Å². The van der Waals surface area contributed by atoms with E-state index in [1.807, 2.05) is 0 Å². The number of rotatable bonds is 5. The lowest BCUT2D eigenvalue weighted by atomic mass is 10.2. The van der Waals surface area contributed by atoms with E-state index in [1.165, 1.54) is 0 Å². The number of aliphatic carboxylic acids is 1. The normalized spacial score (nSPS) is 34.3. The molecular weight excluding hydrogens is 146 g/mol. The third-order valence-corrected chi connectivity index (χ3v) is 0.706. The molecule has 0 aliphatic carbocycles. The van der Waals surface area contributed by atoms with Gasteiger partial charge in [0.05, 0.1) is 37.0 Å². The summed E-state index contributed by atoms with van der Waals surface area (Å²) in [4.78, 5) is 10.9. The highest BCUT2D eigenvalue weighted by atomic mass is 16.4. The van der Waals surface area contributed by atoms with Crippen molar-refractivity contribution in [1.29, 1.82) is 1.43 Å². The summed E-state index contributed by atoms with van der Waals surface area (Å²) in [7, 11) is 0.695. The fraction of sp³-hybridized carbons (Fsp3) is 0.857. The first-order valence-corrected chi connectivity index (χ1v) is 2.70. The van der Waals surface area contributed by atoms with Crippen molar-refractivity contribution in [1.82, 2.24) is 0 Å². The van der Waals surface area contributed by atoms with Crippen molar-refractivity contribution in [3.63, 3.8) is 0 Å². The van der Waals surface area contributed by atoms with Crippen LogP contribution in [0.5, 0.6) is 0 Å². The third-order valence-electron chi connectivity index (χ3n) is 0.706. The number of hydrogen-bond donors (Lipinski definition) is 2. The SMILES string of the molecule is [2H]O[C@@]([2H])(C[N+](C)(C([2H])([2H])[2H])C([2H])([2H])[2H])C([2H])([2H])C(=O)O. The highest BCUT2D eigenvalue weighted by molar-refractivity contribution is 5.67. The predicted molar refractivity (Wildman–Crippen MR) is 41.2 cm³/mol. The Labute approximate surface area is 80.8 Å². The Bertz CT molecular complexity index is 390. The van der Waals surface area contributed by atoms with Gasteiger partial charge in [-0.25, -0.2) is 0 Å². The van der Waals surface area contributed by atoms with Gasteiger partial charge in [-0.15, -0.1) is 0 Å². The summed E-state index contributed by atoms with van der Waals surface area (Å²) in [6.07, 6.45) is -6.73. The van der Waals surface area contributed by atoms with Crippen molar-refractivity contribution < 1.29 is 31.8 Å². The van der Waals surface area contributed by atoms with Crippen LogP contribution in [0.2, 0.25) is 0 Å². The highest BCUT2D eigenvalue weighted by Gasteiger charge is 2.17. The van der Waals surface area contributed by atoms with Gasteiger partial charge in [0.25, 0.3) is 0 Å². The van der Waals surface area contributed by atoms with Crippen LogP contribution >= 0.6 is 0 Å². The first-order chi connectivity index (χ1) is 8.96. The molecule has 0 fully saturated rings. The highest BCUT2D eigenvalue weighted by Crippen LogP contribution is 1.98. The van der Waals surface area contributed by atoms with Crippen LogP contribution in [0.25, 0.3) is 0 Å². The van der Waals surface area contributed by atoms with E-state index >= 15 is 0 Å². The molecule has 0 saturated carbocycles. The molecule has 0 radical (unpaired) electrons. The number of nitrogens with zero attached hydrogens (tertiary/aromatic N) is 1. The largest absolute Gasteiger partial charge is 0.481 e. The van der Waals surface area contributed by atoms with Crippen molar-refractivity contribution in [3.8, 4) is 0 Å². The molecular formula is C7H16NO3+. The lowest BCUT2D eigenvalue weighted by Gasteiger charge is -2.25. The fourth-order valence-corrected chi connectivity index (χ4v) is 0.446. The third kappa shape index (κ3) is 7.29. The summed E-state index contributed by atoms with van der Waals surface area (Å²) in [5, 5.41) is 12.6. The average molecular weight is 172 g/mol. The molecule has 0 aromatic carbocycles. The summed E-state index contributed by atoms with van der Waals surface area (Å²) in [6, 6.07) is 0. The Morgan fingerprint density at radius 3 is 3.00 bits per heavy atom. The van der Waals surface area contributed by atoms with Gasteiger partial charge in [0.1, 0.15) is 12.6 Å². The Balaban J connectivity index is 6.00. The summed E-state index contributed by atoms with van der Waals surface area (Å²) >= 11 is 0. The van der Waals surface area contributed by atoms with Gasteiger partial charge in [-0.2, -0.15) is 0 Å². The van der Waals surface area contributed by atoms with E-state index in [1.54, 1.807) is 0 Å². The maximum absolute atomic E-state index is 10.9. The van der Waals surface area contributed by atoms with E-state index in [4.69, 9.17) is 18.9 Å². The van der Waals surface area contributed by atoms with E-state index < -0.39 is 43.4 Å². The lowest BCUT2D eigenvalue weighted by Crippen LogP contribution is -2.42. The Morgan fingerprint density at radius 2 is 2.64 bits per heavy atom. The summed E-state index contributed by atoms with van der Waals surface area (Å²) in [5.74, 6) is -2.17. The van der Waals surface area contributed by atoms with Crippen LogP contribution in [0, 0.1) is 0 Å². The second-order valence-corrected chi connectivity index (χ2v) is 2.20. The predicted octanol–water partition coefficient (Wildman–Crippen LogP) is -0.472. The van der Waals surface area contributed by atoms with E-state index in [9.17, 15) is 4.79 Å². The summed E-state index contributed by atoms with van der Waals surface area (Å²) in [5.41, 5.74) is 0. The molecule has 0 unspecified atom stereocenters. The number of likely N-dealkylation sites (N-methyl/N-ethyl adjacent to an activating group) is 1. The van der Waals surface area contributed by atoms with E-state index in [-0.39, 0.29) is 0 Å². The molecule has 4 heteroatoms. The second kappa shape index (κ2) is 3.69. The maximum Gasteiger partial charge on any atom is 0.306 e. The number of quaternary nitrogens is 1. The summed E-state index contributed by atoms with van der Waals surface area (Å²) < 4.78 is 70.8. The monoisotopic (exact) mass is 172 g/mol. The van der Waals surface area contributed by atoms with Gasteiger partial charge in [0, 0.05) is 2.74 Å². The van der Waals surface area contributed by atoms with Crippen LogP contribution in [0.1, 0.15) is 18.7 Å². The second-order valence-electron chi connectivity index (χ2n) is 2.20. The van der Waals surface area contributed by atoms with Crippen molar-refractivity contribution in [3.05, 3.63) is 0 Å². The maximum atomic E-state index is 10.9. The Morgan fingerprint density at radius 1 is 2.00 bits per heavy atom. The minimum atomic E-state index is -3.50. The quantitative estimate of drug-likeness (QED) is 0.551. The number of carboxylic acids is 1. The zero-order valence-corrected chi connectivity index (χ0v) is 5.92. The lowest BCUT2D eigenvalue weighted by molar-refractivity contribution is -0.873. The standard InChI is InChI=1S/C7H15NO3/c1-8(2,3)5-6(9)4-7(10)11/h6,9H,4-5H2,1-3H3/p+1/t6-/m1/s1/i1D3,2D3,4D2,6D,9D. The molecule has 0 aliphatic heterocycles. The molecule has 0 rings (SSSR count). The minimum absolute atomic E-state index is 0.695. The molecule has 1 atom stereocenters. The van der Waals surface area contributed by atoms with Gasteiger partial charge in [-0.05, 0) is 0 Å². The number of aliphatic hydroxyl groups is 1. The molecule has 0 heterocycles. The van der Waals surface area contributed by atoms with Gasteiger partial charge >= 0.3 is 5.97 Å². The van der Waals surface area contributed by atoms with E-state index in [2.05, 4.69) is 5.11 Å². The van der Waals surface area contributed by atoms with Crippen LogP contribution in [0.4, 0.5) is 0 Å². The molecule has 0 bridgehead atoms. The number of hydrogen-bond acceptors (Lipinski definition) is 2. The molecule has 0 amide bonds. The fourth-order valence-electron chi connectivity index (χ4n) is 0.446. The zero-order valence-electron chi connectivity index (χ0n) is 15.9. The van der Waals surface area contributed by atoms with Crippen molar-refractivity contribution in [2.24, 2.45) is 0 Å². The van der Waals surface area contributed by atoms with E-state index in [0.717, 1.165) is 0 Å². The first kappa shape index (κ1) is 2.44. The average Bonchev–Trinajstić information content (AvgIpc) is 2.25. The van der Waals surface area contributed by atoms with Crippen LogP contribution in [-0.4, -0.2) is 55.7 Å². The topological polar surface area (TPSA) is 57.5 Å². The minimum Gasteiger partial charge on any atom is -0.481 e. The smallest absolute Gasteiger partial charge is 0.306 e. The van der Waals surface area contributed by atoms with Crippen molar-refractivity contribution >= 4 is 5.97 Å². The molecule has 0 spiro atoms. The van der Waals surface area contributed by atoms with E-state index in [0.29, 0.717) is 7.05 Å². The molecule has 0 aromatic heterocycles. The molecule has 0 saturated heterocycles. The zero-order chi connectivity index (χ0) is 17.5. The number of carbonyl (C=O) groups is 1.